The van der Waals surface area contributed by atoms with Crippen molar-refractivity contribution in [2.75, 3.05) is 13.1 Å². The molecule has 1 aromatic rings. The zero-order valence-electron chi connectivity index (χ0n) is 11.6. The number of nitrogens with one attached hydrogen (secondary N) is 1. The third-order valence-electron chi connectivity index (χ3n) is 3.68. The number of piperidine rings is 1. The van der Waals surface area contributed by atoms with E-state index in [0.29, 0.717) is 25.3 Å². The van der Waals surface area contributed by atoms with E-state index in [2.05, 4.69) is 14.8 Å². The molecule has 6 heteroatoms. The Morgan fingerprint density at radius 2 is 2.20 bits per heavy atom. The highest BCUT2D eigenvalue weighted by Crippen LogP contribution is 2.27. The molecular formula is C14H18N4O2. The first kappa shape index (κ1) is 14.3. The molecule has 1 N–H and O–H groups in total. The molecule has 0 bridgehead atoms. The molecule has 1 aliphatic heterocycles. The number of likely N-dealkylation sites (tertiary alicyclic amines) is 1. The maximum atomic E-state index is 11.9. The second kappa shape index (κ2) is 6.33. The van der Waals surface area contributed by atoms with Gasteiger partial charge in [-0.2, -0.15) is 0 Å². The lowest BCUT2D eigenvalue weighted by Crippen LogP contribution is -2.38. The van der Waals surface area contributed by atoms with Crippen molar-refractivity contribution in [2.24, 2.45) is 0 Å². The van der Waals surface area contributed by atoms with Crippen LogP contribution in [0.3, 0.4) is 0 Å². The Balaban J connectivity index is 1.87. The van der Waals surface area contributed by atoms with Crippen LogP contribution in [0, 0.1) is 6.57 Å². The quantitative estimate of drug-likeness (QED) is 0.674. The van der Waals surface area contributed by atoms with Crippen LogP contribution in [-0.2, 0) is 9.59 Å². The summed E-state index contributed by atoms with van der Waals surface area (Å²) in [6.45, 7) is 9.98. The van der Waals surface area contributed by atoms with Gasteiger partial charge in [-0.25, -0.2) is 4.98 Å². The van der Waals surface area contributed by atoms with Crippen molar-refractivity contribution in [2.45, 2.75) is 38.5 Å². The lowest BCUT2D eigenvalue weighted by Gasteiger charge is -2.30. The van der Waals surface area contributed by atoms with E-state index in [9.17, 15) is 9.59 Å². The van der Waals surface area contributed by atoms with Crippen LogP contribution in [0.4, 0.5) is 5.82 Å². The molecule has 1 amide bonds. The highest BCUT2D eigenvalue weighted by atomic mass is 16.2. The molecule has 106 valence electrons. The zero-order chi connectivity index (χ0) is 14.5. The summed E-state index contributed by atoms with van der Waals surface area (Å²) in [5, 5.41) is 0. The number of amides is 1. The molecule has 0 spiro atoms. The molecule has 20 heavy (non-hydrogen) atoms. The monoisotopic (exact) mass is 274 g/mol. The van der Waals surface area contributed by atoms with Crippen LogP contribution in [0.2, 0.25) is 0 Å². The maximum Gasteiger partial charge on any atom is 0.247 e. The molecule has 1 fully saturated rings. The standard InChI is InChI=1S/C14H18N4O2/c1-3-11(19)8-13(20)18-6-4-10(5-7-18)14-16-9-12(15-2)17-14/h9-10H,3-8H2,1H3,(H,16,17). The van der Waals surface area contributed by atoms with Gasteiger partial charge in [-0.05, 0) is 12.8 Å². The number of ketones is 1. The average Bonchev–Trinajstić information content (AvgIpc) is 2.96. The van der Waals surface area contributed by atoms with Gasteiger partial charge in [0.05, 0.1) is 12.6 Å². The molecule has 2 heterocycles. The Hall–Kier alpha value is -2.16. The fourth-order valence-corrected chi connectivity index (χ4v) is 2.40. The number of rotatable bonds is 4. The number of carbonyl (C=O) groups is 2. The summed E-state index contributed by atoms with van der Waals surface area (Å²) in [7, 11) is 0. The average molecular weight is 274 g/mol. The Morgan fingerprint density at radius 1 is 1.50 bits per heavy atom. The van der Waals surface area contributed by atoms with Crippen LogP contribution < -0.4 is 0 Å². The first-order chi connectivity index (χ1) is 9.63. The highest BCUT2D eigenvalue weighted by Gasteiger charge is 2.27. The molecule has 1 aromatic heterocycles. The van der Waals surface area contributed by atoms with Gasteiger partial charge in [-0.1, -0.05) is 13.5 Å². The topological polar surface area (TPSA) is 70.4 Å². The summed E-state index contributed by atoms with van der Waals surface area (Å²) in [4.78, 5) is 35.5. The number of aromatic amines is 1. The van der Waals surface area contributed by atoms with E-state index in [1.54, 1.807) is 18.0 Å². The number of hydrogen-bond donors (Lipinski definition) is 1. The van der Waals surface area contributed by atoms with Gasteiger partial charge in [-0.3, -0.25) is 14.6 Å². The molecule has 0 unspecified atom stereocenters. The van der Waals surface area contributed by atoms with Gasteiger partial charge in [0.1, 0.15) is 5.78 Å². The Kier molecular flexibility index (Phi) is 4.51. The van der Waals surface area contributed by atoms with Gasteiger partial charge >= 0.3 is 0 Å². The summed E-state index contributed by atoms with van der Waals surface area (Å²) in [6.07, 6.45) is 3.60. The maximum absolute atomic E-state index is 11.9. The number of Topliss-reactive ketones (excluding diaryl/α,β-unsaturated/α-hetero) is 1. The van der Waals surface area contributed by atoms with E-state index in [0.717, 1.165) is 18.7 Å². The van der Waals surface area contributed by atoms with Crippen molar-refractivity contribution in [1.29, 1.82) is 0 Å². The van der Waals surface area contributed by atoms with Crippen LogP contribution in [-0.4, -0.2) is 39.6 Å². The molecule has 1 aliphatic rings. The van der Waals surface area contributed by atoms with E-state index in [1.807, 2.05) is 0 Å². The molecule has 0 atom stereocenters. The molecule has 0 aromatic carbocycles. The van der Waals surface area contributed by atoms with Crippen molar-refractivity contribution in [3.05, 3.63) is 23.4 Å². The summed E-state index contributed by atoms with van der Waals surface area (Å²) >= 11 is 0. The number of carbonyl (C=O) groups excluding carboxylic acids is 2. The fraction of sp³-hybridized carbons (Fsp3) is 0.571. The zero-order valence-corrected chi connectivity index (χ0v) is 11.6. The fourth-order valence-electron chi connectivity index (χ4n) is 2.40. The predicted octanol–water partition coefficient (Wildman–Crippen LogP) is 2.04. The van der Waals surface area contributed by atoms with E-state index < -0.39 is 0 Å². The van der Waals surface area contributed by atoms with Crippen LogP contribution >= 0.6 is 0 Å². The van der Waals surface area contributed by atoms with Crippen LogP contribution in [0.25, 0.3) is 4.85 Å². The van der Waals surface area contributed by atoms with Crippen molar-refractivity contribution < 1.29 is 9.59 Å². The summed E-state index contributed by atoms with van der Waals surface area (Å²) in [5.74, 6) is 1.46. The van der Waals surface area contributed by atoms with E-state index in [1.165, 1.54) is 0 Å². The Labute approximate surface area is 118 Å². The van der Waals surface area contributed by atoms with Gasteiger partial charge in [0.25, 0.3) is 0 Å². The largest absolute Gasteiger partial charge is 0.363 e. The summed E-state index contributed by atoms with van der Waals surface area (Å²) in [5.41, 5.74) is 0. The summed E-state index contributed by atoms with van der Waals surface area (Å²) < 4.78 is 0. The van der Waals surface area contributed by atoms with E-state index >= 15 is 0 Å². The smallest absolute Gasteiger partial charge is 0.247 e. The molecular weight excluding hydrogens is 256 g/mol. The minimum absolute atomic E-state index is 0.00939. The number of nitrogens with zero attached hydrogens (tertiary/aromatic N) is 3. The second-order valence-electron chi connectivity index (χ2n) is 4.99. The van der Waals surface area contributed by atoms with Gasteiger partial charge in [0, 0.05) is 25.4 Å². The van der Waals surface area contributed by atoms with Crippen LogP contribution in [0.15, 0.2) is 6.20 Å². The minimum Gasteiger partial charge on any atom is -0.363 e. The molecule has 1 saturated heterocycles. The van der Waals surface area contributed by atoms with E-state index in [-0.39, 0.29) is 24.0 Å². The van der Waals surface area contributed by atoms with Gasteiger partial charge in [-0.15, -0.1) is 0 Å². The van der Waals surface area contributed by atoms with Gasteiger partial charge in [0.2, 0.25) is 11.7 Å². The Bertz CT molecular complexity index is 536. The molecule has 0 saturated carbocycles. The van der Waals surface area contributed by atoms with Crippen molar-refractivity contribution >= 4 is 17.5 Å². The summed E-state index contributed by atoms with van der Waals surface area (Å²) in [6, 6.07) is 0. The van der Waals surface area contributed by atoms with Crippen molar-refractivity contribution in [1.82, 2.24) is 14.9 Å². The van der Waals surface area contributed by atoms with Crippen LogP contribution in [0.1, 0.15) is 44.3 Å². The second-order valence-corrected chi connectivity index (χ2v) is 4.99. The van der Waals surface area contributed by atoms with Crippen molar-refractivity contribution in [3.8, 4) is 0 Å². The highest BCUT2D eigenvalue weighted by molar-refractivity contribution is 5.97. The third-order valence-corrected chi connectivity index (χ3v) is 3.68. The number of hydrogen-bond acceptors (Lipinski definition) is 3. The predicted molar refractivity (Wildman–Crippen MR) is 73.3 cm³/mol. The third kappa shape index (κ3) is 3.23. The first-order valence-electron chi connectivity index (χ1n) is 6.85. The van der Waals surface area contributed by atoms with Crippen molar-refractivity contribution in [3.63, 3.8) is 0 Å². The lowest BCUT2D eigenvalue weighted by atomic mass is 9.96. The van der Waals surface area contributed by atoms with Gasteiger partial charge in [0.15, 0.2) is 5.82 Å². The SMILES string of the molecule is [C-]#[N+]c1cnc(C2CCN(C(=O)CC(=O)CC)CC2)[nH]1. The first-order valence-corrected chi connectivity index (χ1v) is 6.85. The normalized spacial score (nSPS) is 15.9. The number of imidazole rings is 1. The van der Waals surface area contributed by atoms with Crippen LogP contribution in [0.5, 0.6) is 0 Å². The lowest BCUT2D eigenvalue weighted by molar-refractivity contribution is -0.136. The minimum atomic E-state index is -0.0726. The van der Waals surface area contributed by atoms with Gasteiger partial charge < -0.3 is 9.74 Å². The molecule has 0 aliphatic carbocycles. The molecule has 6 nitrogen and oxygen atoms in total. The number of aromatic nitrogens is 2. The Morgan fingerprint density at radius 3 is 2.75 bits per heavy atom. The number of H-pyrrole nitrogens is 1. The van der Waals surface area contributed by atoms with E-state index in [4.69, 9.17) is 6.57 Å². The molecule has 2 rings (SSSR count). The molecule has 0 radical (unpaired) electrons.